The molecule has 1 aliphatic heterocycles. The van der Waals surface area contributed by atoms with Crippen molar-refractivity contribution in [1.29, 1.82) is 0 Å². The van der Waals surface area contributed by atoms with Gasteiger partial charge in [0.05, 0.1) is 12.4 Å². The second-order valence-electron chi connectivity index (χ2n) is 7.23. The number of ether oxygens (including phenoxy) is 2. The van der Waals surface area contributed by atoms with Gasteiger partial charge in [-0.2, -0.15) is 0 Å². The van der Waals surface area contributed by atoms with E-state index in [1.807, 2.05) is 49.9 Å². The van der Waals surface area contributed by atoms with Crippen LogP contribution in [0.2, 0.25) is 0 Å². The summed E-state index contributed by atoms with van der Waals surface area (Å²) in [6.07, 6.45) is 3.04. The smallest absolute Gasteiger partial charge is 0.410 e. The number of carbonyl (C=O) groups excluding carboxylic acids is 1. The van der Waals surface area contributed by atoms with E-state index in [4.69, 9.17) is 9.47 Å². The number of amides is 1. The van der Waals surface area contributed by atoms with Crippen LogP contribution in [0.15, 0.2) is 41.1 Å². The van der Waals surface area contributed by atoms with Gasteiger partial charge in [-0.15, -0.1) is 0 Å². The van der Waals surface area contributed by atoms with E-state index in [9.17, 15) is 4.79 Å². The zero-order valence-electron chi connectivity index (χ0n) is 15.7. The van der Waals surface area contributed by atoms with E-state index in [0.717, 1.165) is 10.2 Å². The minimum Gasteiger partial charge on any atom is -0.454 e. The van der Waals surface area contributed by atoms with Crippen molar-refractivity contribution in [3.8, 4) is 11.5 Å². The van der Waals surface area contributed by atoms with Gasteiger partial charge in [0.15, 0.2) is 5.75 Å². The Morgan fingerprint density at radius 3 is 2.15 bits per heavy atom. The van der Waals surface area contributed by atoms with Gasteiger partial charge in [-0.25, -0.2) is 14.8 Å². The summed E-state index contributed by atoms with van der Waals surface area (Å²) in [5.74, 6) is 1.93. The number of carbonyl (C=O) groups is 1. The molecule has 0 atom stereocenters. The highest BCUT2D eigenvalue weighted by Crippen LogP contribution is 2.23. The van der Waals surface area contributed by atoms with Crippen molar-refractivity contribution in [2.45, 2.75) is 26.4 Å². The van der Waals surface area contributed by atoms with Crippen LogP contribution in [0.4, 0.5) is 10.7 Å². The molecule has 1 aromatic carbocycles. The molecule has 0 unspecified atom stereocenters. The first kappa shape index (κ1) is 19.4. The topological polar surface area (TPSA) is 67.8 Å². The number of nitrogens with zero attached hydrogens (tertiary/aromatic N) is 4. The first-order valence-corrected chi connectivity index (χ1v) is 9.58. The summed E-state index contributed by atoms with van der Waals surface area (Å²) in [6.45, 7) is 8.08. The predicted octanol–water partition coefficient (Wildman–Crippen LogP) is 4.09. The molecule has 1 saturated heterocycles. The Balaban J connectivity index is 1.54. The lowest BCUT2D eigenvalue weighted by atomic mass is 10.2. The molecule has 1 fully saturated rings. The Labute approximate surface area is 167 Å². The Bertz CT molecular complexity index is 767. The molecular formula is C19H23BrN4O3. The third-order valence-corrected chi connectivity index (χ3v) is 4.41. The first-order valence-electron chi connectivity index (χ1n) is 8.78. The molecule has 144 valence electrons. The lowest BCUT2D eigenvalue weighted by Crippen LogP contribution is -2.50. The van der Waals surface area contributed by atoms with Crippen LogP contribution in [-0.2, 0) is 4.74 Å². The van der Waals surface area contributed by atoms with E-state index >= 15 is 0 Å². The van der Waals surface area contributed by atoms with Crippen molar-refractivity contribution < 1.29 is 14.3 Å². The summed E-state index contributed by atoms with van der Waals surface area (Å²) in [7, 11) is 0. The zero-order chi connectivity index (χ0) is 19.4. The first-order chi connectivity index (χ1) is 12.8. The van der Waals surface area contributed by atoms with Crippen LogP contribution in [0.25, 0.3) is 0 Å². The van der Waals surface area contributed by atoms with Gasteiger partial charge >= 0.3 is 6.09 Å². The quantitative estimate of drug-likeness (QED) is 0.724. The summed E-state index contributed by atoms with van der Waals surface area (Å²) in [5, 5.41) is 0. The largest absolute Gasteiger partial charge is 0.454 e. The second-order valence-corrected chi connectivity index (χ2v) is 8.14. The number of benzene rings is 1. The van der Waals surface area contributed by atoms with Crippen LogP contribution in [0.3, 0.4) is 0 Å². The van der Waals surface area contributed by atoms with E-state index in [1.165, 1.54) is 0 Å². The number of halogens is 1. The molecule has 0 N–H and O–H groups in total. The number of piperazine rings is 1. The minimum atomic E-state index is -0.484. The van der Waals surface area contributed by atoms with E-state index < -0.39 is 5.60 Å². The van der Waals surface area contributed by atoms with Crippen LogP contribution in [0.1, 0.15) is 20.8 Å². The summed E-state index contributed by atoms with van der Waals surface area (Å²) < 4.78 is 12.1. The maximum Gasteiger partial charge on any atom is 0.410 e. The van der Waals surface area contributed by atoms with Gasteiger partial charge in [0.2, 0.25) is 5.95 Å². The fraction of sp³-hybridized carbons (Fsp3) is 0.421. The van der Waals surface area contributed by atoms with Crippen LogP contribution in [0, 0.1) is 0 Å². The highest BCUT2D eigenvalue weighted by atomic mass is 79.9. The average Bonchev–Trinajstić information content (AvgIpc) is 2.63. The van der Waals surface area contributed by atoms with Gasteiger partial charge in [-0.1, -0.05) is 15.9 Å². The van der Waals surface area contributed by atoms with Crippen molar-refractivity contribution in [3.63, 3.8) is 0 Å². The molecule has 8 heteroatoms. The molecule has 0 bridgehead atoms. The highest BCUT2D eigenvalue weighted by molar-refractivity contribution is 9.10. The maximum atomic E-state index is 12.1. The molecule has 0 aliphatic carbocycles. The number of aromatic nitrogens is 2. The fourth-order valence-corrected chi connectivity index (χ4v) is 2.84. The van der Waals surface area contributed by atoms with Gasteiger partial charge in [-0.3, -0.25) is 0 Å². The maximum absolute atomic E-state index is 12.1. The van der Waals surface area contributed by atoms with E-state index in [2.05, 4.69) is 25.9 Å². The minimum absolute atomic E-state index is 0.277. The van der Waals surface area contributed by atoms with Crippen LogP contribution >= 0.6 is 15.9 Å². The van der Waals surface area contributed by atoms with Crippen molar-refractivity contribution >= 4 is 28.0 Å². The van der Waals surface area contributed by atoms with E-state index in [-0.39, 0.29) is 6.09 Å². The van der Waals surface area contributed by atoms with Gasteiger partial charge in [-0.05, 0) is 45.0 Å². The molecule has 0 spiro atoms. The molecule has 7 nitrogen and oxygen atoms in total. The van der Waals surface area contributed by atoms with Gasteiger partial charge in [0.25, 0.3) is 0 Å². The average molecular weight is 435 g/mol. The van der Waals surface area contributed by atoms with Gasteiger partial charge < -0.3 is 19.3 Å². The van der Waals surface area contributed by atoms with Crippen molar-refractivity contribution in [2.24, 2.45) is 0 Å². The predicted molar refractivity (Wildman–Crippen MR) is 106 cm³/mol. The van der Waals surface area contributed by atoms with Crippen molar-refractivity contribution in [3.05, 3.63) is 41.1 Å². The van der Waals surface area contributed by atoms with E-state index in [1.54, 1.807) is 17.3 Å². The molecule has 0 saturated carbocycles. The normalized spacial score (nSPS) is 14.8. The number of hydrogen-bond acceptors (Lipinski definition) is 6. The van der Waals surface area contributed by atoms with E-state index in [0.29, 0.717) is 37.9 Å². The molecule has 0 radical (unpaired) electrons. The lowest BCUT2D eigenvalue weighted by molar-refractivity contribution is 0.0240. The Hall–Kier alpha value is -2.35. The summed E-state index contributed by atoms with van der Waals surface area (Å²) in [5.41, 5.74) is -0.484. The molecule has 1 amide bonds. The standard InChI is InChI=1S/C19H23BrN4O3/c1-19(2,3)27-18(25)24-10-8-23(9-11-24)17-21-12-16(13-22-17)26-15-6-4-14(20)5-7-15/h4-7,12-13H,8-11H2,1-3H3. The highest BCUT2D eigenvalue weighted by Gasteiger charge is 2.26. The van der Waals surface area contributed by atoms with Crippen LogP contribution in [-0.4, -0.2) is 52.7 Å². The summed E-state index contributed by atoms with van der Waals surface area (Å²) in [6, 6.07) is 7.56. The lowest BCUT2D eigenvalue weighted by Gasteiger charge is -2.35. The molecule has 3 rings (SSSR count). The summed E-state index contributed by atoms with van der Waals surface area (Å²) >= 11 is 3.39. The van der Waals surface area contributed by atoms with Crippen LogP contribution < -0.4 is 9.64 Å². The monoisotopic (exact) mass is 434 g/mol. The molecule has 2 heterocycles. The number of rotatable bonds is 3. The van der Waals surface area contributed by atoms with Crippen molar-refractivity contribution in [2.75, 3.05) is 31.1 Å². The van der Waals surface area contributed by atoms with Gasteiger partial charge in [0.1, 0.15) is 11.4 Å². The molecule has 1 aromatic heterocycles. The Morgan fingerprint density at radius 1 is 1.00 bits per heavy atom. The summed E-state index contributed by atoms with van der Waals surface area (Å²) in [4.78, 5) is 24.7. The Kier molecular flexibility index (Phi) is 5.84. The van der Waals surface area contributed by atoms with Crippen molar-refractivity contribution in [1.82, 2.24) is 14.9 Å². The second kappa shape index (κ2) is 8.12. The SMILES string of the molecule is CC(C)(C)OC(=O)N1CCN(c2ncc(Oc3ccc(Br)cc3)cn2)CC1. The molecule has 27 heavy (non-hydrogen) atoms. The fourth-order valence-electron chi connectivity index (χ4n) is 2.58. The van der Waals surface area contributed by atoms with Crippen LogP contribution in [0.5, 0.6) is 11.5 Å². The third kappa shape index (κ3) is 5.56. The molecule has 1 aliphatic rings. The molecular weight excluding hydrogens is 412 g/mol. The van der Waals surface area contributed by atoms with Gasteiger partial charge in [0, 0.05) is 30.7 Å². The molecule has 2 aromatic rings. The Morgan fingerprint density at radius 2 is 1.59 bits per heavy atom. The number of anilines is 1. The zero-order valence-corrected chi connectivity index (χ0v) is 17.3. The third-order valence-electron chi connectivity index (χ3n) is 3.88. The number of hydrogen-bond donors (Lipinski definition) is 0.